The fourth-order valence-electron chi connectivity index (χ4n) is 3.65. The average Bonchev–Trinajstić information content (AvgIpc) is 2.75. The number of nitrogens with one attached hydrogen (secondary N) is 1. The molecule has 1 atom stereocenters. The summed E-state index contributed by atoms with van der Waals surface area (Å²) in [4.78, 5) is 2.75. The second-order valence-electron chi connectivity index (χ2n) is 7.57. The van der Waals surface area contributed by atoms with Crippen LogP contribution in [-0.2, 0) is 21.2 Å². The third-order valence-electron chi connectivity index (χ3n) is 5.29. The molecule has 29 heavy (non-hydrogen) atoms. The SMILES string of the molecule is CCCc1ccc(S(=O)(=O)NCCCCN2CCOC(c3ccccc3)C2)cc1. The zero-order valence-corrected chi connectivity index (χ0v) is 18.0. The van der Waals surface area contributed by atoms with Gasteiger partial charge >= 0.3 is 0 Å². The van der Waals surface area contributed by atoms with Crippen molar-refractivity contribution in [2.24, 2.45) is 0 Å². The first-order valence-corrected chi connectivity index (χ1v) is 12.0. The van der Waals surface area contributed by atoms with E-state index in [1.165, 1.54) is 11.1 Å². The summed E-state index contributed by atoms with van der Waals surface area (Å²) < 4.78 is 33.5. The van der Waals surface area contributed by atoms with Crippen molar-refractivity contribution in [3.05, 3.63) is 65.7 Å². The highest BCUT2D eigenvalue weighted by Crippen LogP contribution is 2.22. The molecule has 1 unspecified atom stereocenters. The maximum atomic E-state index is 12.4. The zero-order chi connectivity index (χ0) is 20.5. The van der Waals surface area contributed by atoms with Gasteiger partial charge in [-0.15, -0.1) is 0 Å². The Labute approximate surface area is 175 Å². The van der Waals surface area contributed by atoms with Crippen LogP contribution in [0, 0.1) is 0 Å². The highest BCUT2D eigenvalue weighted by Gasteiger charge is 2.21. The molecule has 6 heteroatoms. The molecule has 3 rings (SSSR count). The third kappa shape index (κ3) is 6.64. The monoisotopic (exact) mass is 416 g/mol. The highest BCUT2D eigenvalue weighted by atomic mass is 32.2. The van der Waals surface area contributed by atoms with Gasteiger partial charge in [-0.3, -0.25) is 4.90 Å². The molecule has 0 radical (unpaired) electrons. The first kappa shape index (κ1) is 22.0. The van der Waals surface area contributed by atoms with Crippen molar-refractivity contribution in [2.75, 3.05) is 32.8 Å². The summed E-state index contributed by atoms with van der Waals surface area (Å²) in [5.41, 5.74) is 2.39. The number of benzene rings is 2. The van der Waals surface area contributed by atoms with Gasteiger partial charge in [0.2, 0.25) is 10.0 Å². The van der Waals surface area contributed by atoms with Crippen LogP contribution >= 0.6 is 0 Å². The normalized spacial score (nSPS) is 18.0. The largest absolute Gasteiger partial charge is 0.371 e. The molecule has 1 aliphatic heterocycles. The average molecular weight is 417 g/mol. The second kappa shape index (κ2) is 10.9. The molecule has 0 saturated carbocycles. The molecule has 1 aliphatic rings. The number of hydrogen-bond donors (Lipinski definition) is 1. The van der Waals surface area contributed by atoms with Gasteiger partial charge in [-0.05, 0) is 49.1 Å². The molecule has 1 N–H and O–H groups in total. The molecule has 0 spiro atoms. The first-order valence-electron chi connectivity index (χ1n) is 10.6. The fraction of sp³-hybridized carbons (Fsp3) is 0.478. The molecule has 5 nitrogen and oxygen atoms in total. The lowest BCUT2D eigenvalue weighted by molar-refractivity contribution is -0.0303. The van der Waals surface area contributed by atoms with E-state index in [1.807, 2.05) is 30.3 Å². The Morgan fingerprint density at radius 1 is 1.07 bits per heavy atom. The van der Waals surface area contributed by atoms with E-state index >= 15 is 0 Å². The Morgan fingerprint density at radius 2 is 1.83 bits per heavy atom. The van der Waals surface area contributed by atoms with E-state index < -0.39 is 10.0 Å². The summed E-state index contributed by atoms with van der Waals surface area (Å²) in [5.74, 6) is 0. The molecule has 0 amide bonds. The van der Waals surface area contributed by atoms with Crippen LogP contribution < -0.4 is 4.72 Å². The molecule has 2 aromatic carbocycles. The van der Waals surface area contributed by atoms with Crippen molar-refractivity contribution in [3.8, 4) is 0 Å². The van der Waals surface area contributed by atoms with Crippen LogP contribution in [0.25, 0.3) is 0 Å². The number of aryl methyl sites for hydroxylation is 1. The number of sulfonamides is 1. The minimum Gasteiger partial charge on any atom is -0.371 e. The van der Waals surface area contributed by atoms with Gasteiger partial charge in [-0.2, -0.15) is 0 Å². The molecule has 1 heterocycles. The number of ether oxygens (including phenoxy) is 1. The third-order valence-corrected chi connectivity index (χ3v) is 6.76. The second-order valence-corrected chi connectivity index (χ2v) is 9.34. The molecule has 2 aromatic rings. The molecular weight excluding hydrogens is 384 g/mol. The number of unbranched alkanes of at least 4 members (excludes halogenated alkanes) is 1. The van der Waals surface area contributed by atoms with E-state index in [9.17, 15) is 8.42 Å². The highest BCUT2D eigenvalue weighted by molar-refractivity contribution is 7.89. The summed E-state index contributed by atoms with van der Waals surface area (Å²) in [7, 11) is -3.43. The van der Waals surface area contributed by atoms with Crippen LogP contribution in [0.2, 0.25) is 0 Å². The number of morpholine rings is 1. The van der Waals surface area contributed by atoms with E-state index in [0.29, 0.717) is 11.4 Å². The standard InChI is InChI=1S/C23H32N2O3S/c1-2-8-20-11-13-22(14-12-20)29(26,27)24-15-6-7-16-25-17-18-28-23(19-25)21-9-4-3-5-10-21/h3-5,9-14,23-24H,2,6-8,15-19H2,1H3. The van der Waals surface area contributed by atoms with Gasteiger partial charge < -0.3 is 4.74 Å². The van der Waals surface area contributed by atoms with E-state index in [-0.39, 0.29) is 6.10 Å². The lowest BCUT2D eigenvalue weighted by atomic mass is 10.1. The van der Waals surface area contributed by atoms with Crippen molar-refractivity contribution in [3.63, 3.8) is 0 Å². The molecule has 1 saturated heterocycles. The topological polar surface area (TPSA) is 58.6 Å². The van der Waals surface area contributed by atoms with Gasteiger partial charge in [0.1, 0.15) is 0 Å². The predicted molar refractivity (Wildman–Crippen MR) is 116 cm³/mol. The van der Waals surface area contributed by atoms with Crippen molar-refractivity contribution >= 4 is 10.0 Å². The van der Waals surface area contributed by atoms with Gasteiger partial charge in [-0.25, -0.2) is 13.1 Å². The van der Waals surface area contributed by atoms with Gasteiger partial charge in [0.05, 0.1) is 17.6 Å². The Kier molecular flexibility index (Phi) is 8.24. The summed E-state index contributed by atoms with van der Waals surface area (Å²) in [6.45, 7) is 6.09. The van der Waals surface area contributed by atoms with Crippen LogP contribution in [0.4, 0.5) is 0 Å². The lowest BCUT2D eigenvalue weighted by Gasteiger charge is -2.33. The van der Waals surface area contributed by atoms with Gasteiger partial charge in [-0.1, -0.05) is 55.8 Å². The number of rotatable bonds is 10. The van der Waals surface area contributed by atoms with E-state index in [0.717, 1.165) is 51.9 Å². The smallest absolute Gasteiger partial charge is 0.240 e. The molecule has 0 bridgehead atoms. The van der Waals surface area contributed by atoms with Crippen molar-refractivity contribution < 1.29 is 13.2 Å². The van der Waals surface area contributed by atoms with Crippen molar-refractivity contribution in [2.45, 2.75) is 43.6 Å². The fourth-order valence-corrected chi connectivity index (χ4v) is 4.72. The Hall–Kier alpha value is -1.73. The van der Waals surface area contributed by atoms with Gasteiger partial charge in [0, 0.05) is 19.6 Å². The minimum absolute atomic E-state index is 0.124. The van der Waals surface area contributed by atoms with Crippen LogP contribution in [0.1, 0.15) is 43.4 Å². The maximum Gasteiger partial charge on any atom is 0.240 e. The predicted octanol–water partition coefficient (Wildman–Crippen LogP) is 3.77. The zero-order valence-electron chi connectivity index (χ0n) is 17.2. The molecule has 1 fully saturated rings. The van der Waals surface area contributed by atoms with Gasteiger partial charge in [0.25, 0.3) is 0 Å². The van der Waals surface area contributed by atoms with Crippen molar-refractivity contribution in [1.82, 2.24) is 9.62 Å². The molecular formula is C23H32N2O3S. The van der Waals surface area contributed by atoms with Crippen LogP contribution in [0.3, 0.4) is 0 Å². The van der Waals surface area contributed by atoms with Crippen molar-refractivity contribution in [1.29, 1.82) is 0 Å². The van der Waals surface area contributed by atoms with Crippen LogP contribution in [0.15, 0.2) is 59.5 Å². The molecule has 0 aromatic heterocycles. The number of hydrogen-bond acceptors (Lipinski definition) is 4. The van der Waals surface area contributed by atoms with E-state index in [1.54, 1.807) is 12.1 Å². The maximum absolute atomic E-state index is 12.4. The lowest BCUT2D eigenvalue weighted by Crippen LogP contribution is -2.39. The van der Waals surface area contributed by atoms with Gasteiger partial charge in [0.15, 0.2) is 0 Å². The summed E-state index contributed by atoms with van der Waals surface area (Å²) in [6, 6.07) is 17.5. The van der Waals surface area contributed by atoms with Crippen LogP contribution in [0.5, 0.6) is 0 Å². The van der Waals surface area contributed by atoms with E-state index in [2.05, 4.69) is 28.7 Å². The Bertz CT molecular complexity index is 838. The minimum atomic E-state index is -3.43. The molecule has 158 valence electrons. The Morgan fingerprint density at radius 3 is 2.55 bits per heavy atom. The molecule has 0 aliphatic carbocycles. The van der Waals surface area contributed by atoms with Crippen LogP contribution in [-0.4, -0.2) is 46.1 Å². The van der Waals surface area contributed by atoms with E-state index in [4.69, 9.17) is 4.74 Å². The Balaban J connectivity index is 1.39. The summed E-state index contributed by atoms with van der Waals surface area (Å²) in [5, 5.41) is 0. The quantitative estimate of drug-likeness (QED) is 0.599. The number of nitrogens with zero attached hydrogens (tertiary/aromatic N) is 1. The summed E-state index contributed by atoms with van der Waals surface area (Å²) >= 11 is 0. The summed E-state index contributed by atoms with van der Waals surface area (Å²) in [6.07, 6.45) is 3.93. The first-order chi connectivity index (χ1) is 14.1.